The van der Waals surface area contributed by atoms with E-state index >= 15 is 0 Å². The third kappa shape index (κ3) is 4.77. The molecule has 2 heterocycles. The molecule has 1 aliphatic heterocycles. The second-order valence-corrected chi connectivity index (χ2v) is 8.56. The average molecular weight is 474 g/mol. The van der Waals surface area contributed by atoms with E-state index in [9.17, 15) is 4.79 Å². The fraction of sp³-hybridized carbons (Fsp3) is 0.192. The summed E-state index contributed by atoms with van der Waals surface area (Å²) in [6, 6.07) is 23.0. The minimum Gasteiger partial charge on any atom is -0.494 e. The molecule has 1 aromatic heterocycles. The fourth-order valence-corrected chi connectivity index (χ4v) is 4.51. The Morgan fingerprint density at radius 3 is 2.59 bits per heavy atom. The number of ketones is 1. The standard InChI is InChI=1S/C26H23N3O4S/c1-2-31-21-11-9-19(10-12-21)22(30)16-34-26-28-27-25(20-6-4-3-5-7-20)29(26)15-18-8-13-23-24(14-18)33-17-32-23/h3-14H,2,15-17H2,1H3. The summed E-state index contributed by atoms with van der Waals surface area (Å²) in [7, 11) is 0. The van der Waals surface area contributed by atoms with Crippen LogP contribution in [0.4, 0.5) is 0 Å². The van der Waals surface area contributed by atoms with Crippen molar-refractivity contribution in [3.8, 4) is 28.6 Å². The van der Waals surface area contributed by atoms with Crippen molar-refractivity contribution >= 4 is 17.5 Å². The topological polar surface area (TPSA) is 75.5 Å². The minimum atomic E-state index is 0.0203. The van der Waals surface area contributed by atoms with Gasteiger partial charge in [0.25, 0.3) is 0 Å². The molecule has 172 valence electrons. The SMILES string of the molecule is CCOc1ccc(C(=O)CSc2nnc(-c3ccccc3)n2Cc2ccc3c(c2)OCO3)cc1. The van der Waals surface area contributed by atoms with Crippen molar-refractivity contribution in [2.75, 3.05) is 19.2 Å². The molecule has 0 aliphatic carbocycles. The molecule has 4 aromatic rings. The molecule has 1 aliphatic rings. The van der Waals surface area contributed by atoms with Gasteiger partial charge in [-0.05, 0) is 48.9 Å². The van der Waals surface area contributed by atoms with Crippen LogP contribution in [0, 0.1) is 0 Å². The Morgan fingerprint density at radius 2 is 1.79 bits per heavy atom. The molecule has 0 N–H and O–H groups in total. The van der Waals surface area contributed by atoms with Crippen molar-refractivity contribution in [2.24, 2.45) is 0 Å². The molecule has 0 unspecified atom stereocenters. The Bertz CT molecular complexity index is 1290. The quantitative estimate of drug-likeness (QED) is 0.247. The Labute approximate surface area is 201 Å². The van der Waals surface area contributed by atoms with Gasteiger partial charge in [-0.3, -0.25) is 9.36 Å². The minimum absolute atomic E-state index is 0.0203. The van der Waals surface area contributed by atoms with Crippen LogP contribution in [-0.2, 0) is 6.54 Å². The lowest BCUT2D eigenvalue weighted by Crippen LogP contribution is -2.07. The van der Waals surface area contributed by atoms with E-state index in [-0.39, 0.29) is 18.3 Å². The number of carbonyl (C=O) groups excluding carboxylic acids is 1. The second kappa shape index (κ2) is 10.0. The zero-order valence-electron chi connectivity index (χ0n) is 18.6. The van der Waals surface area contributed by atoms with Gasteiger partial charge in [-0.2, -0.15) is 0 Å². The third-order valence-corrected chi connectivity index (χ3v) is 6.31. The first-order chi connectivity index (χ1) is 16.7. The number of fused-ring (bicyclic) bond motifs is 1. The number of carbonyl (C=O) groups is 1. The van der Waals surface area contributed by atoms with E-state index in [1.165, 1.54) is 11.8 Å². The van der Waals surface area contributed by atoms with Gasteiger partial charge in [-0.1, -0.05) is 48.2 Å². The Balaban J connectivity index is 1.38. The van der Waals surface area contributed by atoms with Gasteiger partial charge in [-0.25, -0.2) is 0 Å². The molecular formula is C26H23N3O4S. The van der Waals surface area contributed by atoms with Crippen molar-refractivity contribution in [1.82, 2.24) is 14.8 Å². The number of thioether (sulfide) groups is 1. The first-order valence-electron chi connectivity index (χ1n) is 11.0. The molecule has 0 saturated heterocycles. The molecule has 5 rings (SSSR count). The summed E-state index contributed by atoms with van der Waals surface area (Å²) in [6.07, 6.45) is 0. The third-order valence-electron chi connectivity index (χ3n) is 5.35. The number of nitrogens with zero attached hydrogens (tertiary/aromatic N) is 3. The molecule has 0 radical (unpaired) electrons. The summed E-state index contributed by atoms with van der Waals surface area (Å²) >= 11 is 1.38. The predicted molar refractivity (Wildman–Crippen MR) is 130 cm³/mol. The van der Waals surface area contributed by atoms with Crippen molar-refractivity contribution in [3.63, 3.8) is 0 Å². The summed E-state index contributed by atoms with van der Waals surface area (Å²) < 4.78 is 18.5. The number of hydrogen-bond donors (Lipinski definition) is 0. The van der Waals surface area contributed by atoms with E-state index in [1.807, 2.05) is 72.2 Å². The van der Waals surface area contributed by atoms with Gasteiger partial charge in [0.05, 0.1) is 18.9 Å². The molecule has 0 bridgehead atoms. The highest BCUT2D eigenvalue weighted by molar-refractivity contribution is 7.99. The van der Waals surface area contributed by atoms with Crippen LogP contribution < -0.4 is 14.2 Å². The van der Waals surface area contributed by atoms with E-state index in [4.69, 9.17) is 14.2 Å². The summed E-state index contributed by atoms with van der Waals surface area (Å²) in [5.41, 5.74) is 2.63. The number of benzene rings is 3. The first-order valence-corrected chi connectivity index (χ1v) is 12.0. The van der Waals surface area contributed by atoms with Crippen LogP contribution >= 0.6 is 11.8 Å². The first kappa shape index (κ1) is 22.0. The van der Waals surface area contributed by atoms with Gasteiger partial charge in [0.1, 0.15) is 5.75 Å². The molecule has 34 heavy (non-hydrogen) atoms. The van der Waals surface area contributed by atoms with Crippen LogP contribution in [-0.4, -0.2) is 39.7 Å². The van der Waals surface area contributed by atoms with Crippen LogP contribution in [0.5, 0.6) is 17.2 Å². The summed E-state index contributed by atoms with van der Waals surface area (Å²) in [5, 5.41) is 9.54. The highest BCUT2D eigenvalue weighted by Gasteiger charge is 2.19. The smallest absolute Gasteiger partial charge is 0.231 e. The van der Waals surface area contributed by atoms with Gasteiger partial charge < -0.3 is 14.2 Å². The molecule has 0 saturated carbocycles. The van der Waals surface area contributed by atoms with Crippen molar-refractivity contribution in [2.45, 2.75) is 18.6 Å². The van der Waals surface area contributed by atoms with E-state index < -0.39 is 0 Å². The Kier molecular flexibility index (Phi) is 6.49. The van der Waals surface area contributed by atoms with Crippen molar-refractivity contribution < 1.29 is 19.0 Å². The van der Waals surface area contributed by atoms with Crippen LogP contribution in [0.1, 0.15) is 22.8 Å². The maximum atomic E-state index is 12.8. The zero-order valence-corrected chi connectivity index (χ0v) is 19.5. The monoisotopic (exact) mass is 473 g/mol. The molecule has 0 fully saturated rings. The highest BCUT2D eigenvalue weighted by Crippen LogP contribution is 2.34. The maximum Gasteiger partial charge on any atom is 0.231 e. The second-order valence-electron chi connectivity index (χ2n) is 7.62. The summed E-state index contributed by atoms with van der Waals surface area (Å²) in [4.78, 5) is 12.8. The van der Waals surface area contributed by atoms with Gasteiger partial charge in [-0.15, -0.1) is 10.2 Å². The number of aromatic nitrogens is 3. The van der Waals surface area contributed by atoms with Gasteiger partial charge in [0, 0.05) is 11.1 Å². The number of hydrogen-bond acceptors (Lipinski definition) is 7. The van der Waals surface area contributed by atoms with E-state index in [2.05, 4.69) is 10.2 Å². The van der Waals surface area contributed by atoms with Gasteiger partial charge in [0.15, 0.2) is 28.3 Å². The molecule has 8 heteroatoms. The van der Waals surface area contributed by atoms with Crippen LogP contribution in [0.3, 0.4) is 0 Å². The van der Waals surface area contributed by atoms with Gasteiger partial charge >= 0.3 is 0 Å². The highest BCUT2D eigenvalue weighted by atomic mass is 32.2. The van der Waals surface area contributed by atoms with Crippen LogP contribution in [0.15, 0.2) is 78.0 Å². The number of Topliss-reactive ketones (excluding diaryl/α,β-unsaturated/α-hetero) is 1. The molecule has 7 nitrogen and oxygen atoms in total. The molecule has 0 spiro atoms. The average Bonchev–Trinajstić information content (AvgIpc) is 3.50. The number of ether oxygens (including phenoxy) is 3. The lowest BCUT2D eigenvalue weighted by molar-refractivity contribution is 0.102. The van der Waals surface area contributed by atoms with E-state index in [0.29, 0.717) is 23.9 Å². The van der Waals surface area contributed by atoms with Crippen molar-refractivity contribution in [1.29, 1.82) is 0 Å². The Hall–Kier alpha value is -3.78. The molecule has 0 amide bonds. The van der Waals surface area contributed by atoms with E-state index in [1.54, 1.807) is 12.1 Å². The molecule has 3 aromatic carbocycles. The lowest BCUT2D eigenvalue weighted by Gasteiger charge is -2.11. The van der Waals surface area contributed by atoms with E-state index in [0.717, 1.165) is 34.2 Å². The lowest BCUT2D eigenvalue weighted by atomic mass is 10.1. The van der Waals surface area contributed by atoms with Crippen molar-refractivity contribution in [3.05, 3.63) is 83.9 Å². The maximum absolute atomic E-state index is 12.8. The number of rotatable bonds is 9. The van der Waals surface area contributed by atoms with Crippen LogP contribution in [0.25, 0.3) is 11.4 Å². The molecular weight excluding hydrogens is 450 g/mol. The predicted octanol–water partition coefficient (Wildman–Crippen LogP) is 5.10. The van der Waals surface area contributed by atoms with Gasteiger partial charge in [0.2, 0.25) is 6.79 Å². The fourth-order valence-electron chi connectivity index (χ4n) is 3.68. The largest absolute Gasteiger partial charge is 0.494 e. The van der Waals surface area contributed by atoms with Crippen LogP contribution in [0.2, 0.25) is 0 Å². The summed E-state index contributed by atoms with van der Waals surface area (Å²) in [6.45, 7) is 3.29. The Morgan fingerprint density at radius 1 is 1.00 bits per heavy atom. The zero-order chi connectivity index (χ0) is 23.3. The summed E-state index contributed by atoms with van der Waals surface area (Å²) in [5.74, 6) is 3.24. The molecule has 0 atom stereocenters. The normalized spacial score (nSPS) is 12.0.